The van der Waals surface area contributed by atoms with E-state index in [4.69, 9.17) is 9.84 Å². The minimum atomic E-state index is -1.13. The molecule has 0 fully saturated rings. The predicted octanol–water partition coefficient (Wildman–Crippen LogP) is 6.17. The molecule has 0 spiro atoms. The summed E-state index contributed by atoms with van der Waals surface area (Å²) in [6, 6.07) is 16.9. The van der Waals surface area contributed by atoms with Gasteiger partial charge in [0.05, 0.1) is 14.5 Å². The highest BCUT2D eigenvalue weighted by Crippen LogP contribution is 2.36. The number of carboxylic acids is 1. The summed E-state index contributed by atoms with van der Waals surface area (Å²) in [5.41, 5.74) is 1.44. The molecule has 3 rings (SSSR count). The molecule has 9 heteroatoms. The molecular weight excluding hydrogens is 559 g/mol. The molecule has 0 unspecified atom stereocenters. The summed E-state index contributed by atoms with van der Waals surface area (Å²) in [5, 5.41) is 21.0. The molecule has 0 heterocycles. The number of ether oxygens (including phenoxy) is 1. The van der Waals surface area contributed by atoms with Crippen molar-refractivity contribution in [3.05, 3.63) is 97.7 Å². The van der Waals surface area contributed by atoms with E-state index in [0.29, 0.717) is 20.3 Å². The number of nitriles is 1. The lowest BCUT2D eigenvalue weighted by Gasteiger charge is -2.12. The summed E-state index contributed by atoms with van der Waals surface area (Å²) in [6.07, 6.45) is 1.40. The summed E-state index contributed by atoms with van der Waals surface area (Å²) in [4.78, 5) is 23.6. The van der Waals surface area contributed by atoms with E-state index < -0.39 is 11.9 Å². The molecule has 6 nitrogen and oxygen atoms in total. The topological polar surface area (TPSA) is 99.4 Å². The molecule has 0 radical (unpaired) electrons. The third kappa shape index (κ3) is 6.51. The van der Waals surface area contributed by atoms with E-state index in [2.05, 4.69) is 37.2 Å². The SMILES string of the molecule is N#C/C(=C/c1cc(Br)c(OCc2ccc(F)cc2)c(Br)c1)C(=O)Nc1cccc(C(=O)O)c1. The van der Waals surface area contributed by atoms with E-state index in [9.17, 15) is 19.2 Å². The molecule has 1 amide bonds. The molecule has 0 bridgehead atoms. The van der Waals surface area contributed by atoms with E-state index >= 15 is 0 Å². The first-order valence-corrected chi connectivity index (χ1v) is 11.0. The van der Waals surface area contributed by atoms with Crippen molar-refractivity contribution >= 4 is 55.5 Å². The van der Waals surface area contributed by atoms with Crippen LogP contribution in [0.2, 0.25) is 0 Å². The van der Waals surface area contributed by atoms with E-state index in [1.54, 1.807) is 24.3 Å². The first-order chi connectivity index (χ1) is 15.8. The minimum absolute atomic E-state index is 0.0133. The second-order valence-electron chi connectivity index (χ2n) is 6.74. The van der Waals surface area contributed by atoms with Crippen molar-refractivity contribution in [3.8, 4) is 11.8 Å². The Balaban J connectivity index is 1.77. The fourth-order valence-electron chi connectivity index (χ4n) is 2.78. The molecule has 0 aliphatic heterocycles. The van der Waals surface area contributed by atoms with Crippen LogP contribution in [-0.4, -0.2) is 17.0 Å². The second kappa shape index (κ2) is 10.9. The molecule has 0 atom stereocenters. The maximum atomic E-state index is 13.0. The number of hydrogen-bond donors (Lipinski definition) is 2. The number of anilines is 1. The minimum Gasteiger partial charge on any atom is -0.487 e. The molecule has 2 N–H and O–H groups in total. The second-order valence-corrected chi connectivity index (χ2v) is 8.45. The average molecular weight is 574 g/mol. The summed E-state index contributed by atoms with van der Waals surface area (Å²) >= 11 is 6.85. The summed E-state index contributed by atoms with van der Waals surface area (Å²) < 4.78 is 20.0. The zero-order valence-electron chi connectivity index (χ0n) is 16.8. The van der Waals surface area contributed by atoms with Crippen LogP contribution in [0.15, 0.2) is 75.2 Å². The standard InChI is InChI=1S/C24H15Br2FN2O4/c25-20-9-15(10-21(26)22(20)33-13-14-4-6-18(27)7-5-14)8-17(12-28)23(30)29-19-3-1-2-16(11-19)24(31)32/h1-11H,13H2,(H,29,30)(H,31,32)/b17-8-. The Morgan fingerprint density at radius 1 is 1.09 bits per heavy atom. The largest absolute Gasteiger partial charge is 0.487 e. The van der Waals surface area contributed by atoms with Crippen LogP contribution in [0.1, 0.15) is 21.5 Å². The number of carbonyl (C=O) groups is 2. The van der Waals surface area contributed by atoms with Gasteiger partial charge in [-0.15, -0.1) is 0 Å². The third-order valence-corrected chi connectivity index (χ3v) is 5.54. The molecule has 33 heavy (non-hydrogen) atoms. The van der Waals surface area contributed by atoms with Gasteiger partial charge in [0.2, 0.25) is 0 Å². The van der Waals surface area contributed by atoms with Crippen LogP contribution >= 0.6 is 31.9 Å². The Morgan fingerprint density at radius 2 is 1.76 bits per heavy atom. The van der Waals surface area contributed by atoms with Gasteiger partial charge in [-0.1, -0.05) is 18.2 Å². The molecule has 3 aromatic carbocycles. The number of rotatable bonds is 7. The Morgan fingerprint density at radius 3 is 2.36 bits per heavy atom. The van der Waals surface area contributed by atoms with Crippen molar-refractivity contribution in [1.29, 1.82) is 5.26 Å². The highest BCUT2D eigenvalue weighted by Gasteiger charge is 2.14. The fourth-order valence-corrected chi connectivity index (χ4v) is 4.23. The molecular formula is C24H15Br2FN2O4. The average Bonchev–Trinajstić information content (AvgIpc) is 2.78. The Hall–Kier alpha value is -3.48. The molecule has 3 aromatic rings. The van der Waals surface area contributed by atoms with Gasteiger partial charge in [-0.3, -0.25) is 4.79 Å². The maximum Gasteiger partial charge on any atom is 0.335 e. The number of hydrogen-bond acceptors (Lipinski definition) is 4. The number of aromatic carboxylic acids is 1. The number of carbonyl (C=O) groups excluding carboxylic acids is 1. The van der Waals surface area contributed by atoms with Crippen molar-refractivity contribution in [3.63, 3.8) is 0 Å². The summed E-state index contributed by atoms with van der Waals surface area (Å²) in [5.74, 6) is -1.63. The smallest absolute Gasteiger partial charge is 0.335 e. The molecule has 0 aliphatic carbocycles. The number of nitrogens with one attached hydrogen (secondary N) is 1. The molecule has 166 valence electrons. The molecule has 0 aliphatic rings. The van der Waals surface area contributed by atoms with Gasteiger partial charge >= 0.3 is 5.97 Å². The Bertz CT molecular complexity index is 1260. The van der Waals surface area contributed by atoms with Crippen molar-refractivity contribution in [2.24, 2.45) is 0 Å². The van der Waals surface area contributed by atoms with Gasteiger partial charge in [0.15, 0.2) is 0 Å². The molecule has 0 saturated heterocycles. The Labute approximate surface area is 205 Å². The van der Waals surface area contributed by atoms with Crippen LogP contribution in [0.3, 0.4) is 0 Å². The number of nitrogens with zero attached hydrogens (tertiary/aromatic N) is 1. The van der Waals surface area contributed by atoms with Gasteiger partial charge in [-0.25, -0.2) is 9.18 Å². The number of halogens is 3. The van der Waals surface area contributed by atoms with E-state index in [-0.39, 0.29) is 29.2 Å². The third-order valence-electron chi connectivity index (χ3n) is 4.36. The quantitative estimate of drug-likeness (QED) is 0.260. The summed E-state index contributed by atoms with van der Waals surface area (Å²) in [7, 11) is 0. The van der Waals surface area contributed by atoms with Gasteiger partial charge in [0.25, 0.3) is 5.91 Å². The first kappa shape index (κ1) is 24.2. The lowest BCUT2D eigenvalue weighted by Crippen LogP contribution is -2.14. The van der Waals surface area contributed by atoms with Crippen LogP contribution in [0, 0.1) is 17.1 Å². The van der Waals surface area contributed by atoms with Crippen LogP contribution in [0.25, 0.3) is 6.08 Å². The first-order valence-electron chi connectivity index (χ1n) is 9.39. The van der Waals surface area contributed by atoms with Crippen molar-refractivity contribution < 1.29 is 23.8 Å². The van der Waals surface area contributed by atoms with Crippen molar-refractivity contribution in [2.45, 2.75) is 6.61 Å². The molecule has 0 aromatic heterocycles. The lowest BCUT2D eigenvalue weighted by molar-refractivity contribution is -0.112. The zero-order valence-corrected chi connectivity index (χ0v) is 20.0. The maximum absolute atomic E-state index is 13.0. The van der Waals surface area contributed by atoms with E-state index in [0.717, 1.165) is 5.56 Å². The zero-order chi connectivity index (χ0) is 24.0. The number of carboxylic acid groups (broad SMARTS) is 1. The normalized spacial score (nSPS) is 10.9. The fraction of sp³-hybridized carbons (Fsp3) is 0.0417. The van der Waals surface area contributed by atoms with E-state index in [1.165, 1.54) is 42.5 Å². The van der Waals surface area contributed by atoms with Crippen molar-refractivity contribution in [2.75, 3.05) is 5.32 Å². The number of amides is 1. The summed E-state index contributed by atoms with van der Waals surface area (Å²) in [6.45, 7) is 0.216. The monoisotopic (exact) mass is 572 g/mol. The van der Waals surface area contributed by atoms with Gasteiger partial charge in [0.1, 0.15) is 29.8 Å². The predicted molar refractivity (Wildman–Crippen MR) is 128 cm³/mol. The van der Waals surface area contributed by atoms with Gasteiger partial charge in [0, 0.05) is 5.69 Å². The molecule has 0 saturated carbocycles. The number of benzene rings is 3. The Kier molecular flexibility index (Phi) is 7.98. The highest BCUT2D eigenvalue weighted by atomic mass is 79.9. The van der Waals surface area contributed by atoms with Crippen LogP contribution in [-0.2, 0) is 11.4 Å². The van der Waals surface area contributed by atoms with Gasteiger partial charge in [-0.2, -0.15) is 5.26 Å². The van der Waals surface area contributed by atoms with Crippen LogP contribution < -0.4 is 10.1 Å². The van der Waals surface area contributed by atoms with Crippen LogP contribution in [0.4, 0.5) is 10.1 Å². The van der Waals surface area contributed by atoms with Crippen molar-refractivity contribution in [1.82, 2.24) is 0 Å². The van der Waals surface area contributed by atoms with Gasteiger partial charge < -0.3 is 15.2 Å². The van der Waals surface area contributed by atoms with Crippen LogP contribution in [0.5, 0.6) is 5.75 Å². The van der Waals surface area contributed by atoms with Gasteiger partial charge in [-0.05, 0) is 91.5 Å². The lowest BCUT2D eigenvalue weighted by atomic mass is 10.1. The highest BCUT2D eigenvalue weighted by molar-refractivity contribution is 9.11. The van der Waals surface area contributed by atoms with E-state index in [1.807, 2.05) is 6.07 Å².